The van der Waals surface area contributed by atoms with E-state index in [1.165, 1.54) is 16.5 Å². The topological polar surface area (TPSA) is 53.8 Å². The summed E-state index contributed by atoms with van der Waals surface area (Å²) in [6, 6.07) is 6.31. The first-order valence-corrected chi connectivity index (χ1v) is 6.49. The second-order valence-electron chi connectivity index (χ2n) is 4.55. The van der Waals surface area contributed by atoms with Crippen LogP contribution in [0, 0.1) is 0 Å². The number of allylic oxidation sites excluding steroid dienone is 4. The van der Waals surface area contributed by atoms with Crippen LogP contribution < -0.4 is 11.1 Å². The lowest BCUT2D eigenvalue weighted by molar-refractivity contribution is 0.976. The van der Waals surface area contributed by atoms with E-state index in [2.05, 4.69) is 40.8 Å². The van der Waals surface area contributed by atoms with Crippen molar-refractivity contribution >= 4 is 16.6 Å². The quantitative estimate of drug-likeness (QED) is 0.785. The van der Waals surface area contributed by atoms with Crippen molar-refractivity contribution in [1.82, 2.24) is 10.3 Å². The zero-order chi connectivity index (χ0) is 13.1. The number of aromatic amines is 1. The second-order valence-corrected chi connectivity index (χ2v) is 4.55. The van der Waals surface area contributed by atoms with Gasteiger partial charge in [-0.3, -0.25) is 0 Å². The molecule has 3 heteroatoms. The Labute approximate surface area is 112 Å². The molecule has 0 atom stereocenters. The molecule has 1 aliphatic rings. The van der Waals surface area contributed by atoms with E-state index >= 15 is 0 Å². The van der Waals surface area contributed by atoms with Crippen LogP contribution in [0.3, 0.4) is 0 Å². The third-order valence-electron chi connectivity index (χ3n) is 3.31. The molecule has 1 aliphatic heterocycles. The number of rotatable bonds is 3. The van der Waals surface area contributed by atoms with E-state index in [9.17, 15) is 0 Å². The maximum absolute atomic E-state index is 5.70. The SMILES string of the molecule is NCCc1c[nH]c2cccc(C3=CC=CC=CN3)c12. The van der Waals surface area contributed by atoms with E-state index in [1.807, 2.05) is 24.4 Å². The third-order valence-corrected chi connectivity index (χ3v) is 3.31. The fraction of sp³-hybridized carbons (Fsp3) is 0.125. The lowest BCUT2D eigenvalue weighted by Gasteiger charge is -2.10. The molecule has 3 nitrogen and oxygen atoms in total. The summed E-state index contributed by atoms with van der Waals surface area (Å²) in [4.78, 5) is 3.32. The summed E-state index contributed by atoms with van der Waals surface area (Å²) in [7, 11) is 0. The van der Waals surface area contributed by atoms with Crippen LogP contribution in [0.1, 0.15) is 11.1 Å². The van der Waals surface area contributed by atoms with Crippen molar-refractivity contribution in [3.63, 3.8) is 0 Å². The number of aromatic nitrogens is 1. The zero-order valence-corrected chi connectivity index (χ0v) is 10.7. The standard InChI is InChI=1S/C16H17N3/c17-9-8-12-11-19-15-7-4-5-13(16(12)15)14-6-2-1-3-10-18-14/h1-7,10-11,18-19H,8-9,17H2. The highest BCUT2D eigenvalue weighted by Crippen LogP contribution is 2.27. The zero-order valence-electron chi connectivity index (χ0n) is 10.7. The first-order valence-electron chi connectivity index (χ1n) is 6.49. The van der Waals surface area contributed by atoms with Crippen molar-refractivity contribution in [3.05, 3.63) is 66.0 Å². The average molecular weight is 251 g/mol. The fourth-order valence-corrected chi connectivity index (χ4v) is 2.46. The predicted octanol–water partition coefficient (Wildman–Crippen LogP) is 2.68. The molecule has 3 rings (SSSR count). The van der Waals surface area contributed by atoms with Gasteiger partial charge in [-0.05, 0) is 36.7 Å². The number of hydrogen-bond donors (Lipinski definition) is 3. The largest absolute Gasteiger partial charge is 0.361 e. The molecule has 2 heterocycles. The van der Waals surface area contributed by atoms with Gasteiger partial charge in [-0.2, -0.15) is 0 Å². The minimum Gasteiger partial charge on any atom is -0.361 e. The highest BCUT2D eigenvalue weighted by Gasteiger charge is 2.10. The van der Waals surface area contributed by atoms with Gasteiger partial charge in [-0.1, -0.05) is 24.3 Å². The van der Waals surface area contributed by atoms with E-state index in [0.29, 0.717) is 6.54 Å². The van der Waals surface area contributed by atoms with Gasteiger partial charge in [0.15, 0.2) is 0 Å². The molecule has 2 aromatic rings. The molecule has 0 aliphatic carbocycles. The van der Waals surface area contributed by atoms with E-state index < -0.39 is 0 Å². The average Bonchev–Trinajstić information content (AvgIpc) is 2.68. The van der Waals surface area contributed by atoms with E-state index in [4.69, 9.17) is 5.73 Å². The van der Waals surface area contributed by atoms with Crippen LogP contribution in [0.4, 0.5) is 0 Å². The van der Waals surface area contributed by atoms with Gasteiger partial charge in [0, 0.05) is 34.6 Å². The number of hydrogen-bond acceptors (Lipinski definition) is 2. The van der Waals surface area contributed by atoms with Crippen LogP contribution in [0.2, 0.25) is 0 Å². The number of nitrogens with one attached hydrogen (secondary N) is 2. The summed E-state index contributed by atoms with van der Waals surface area (Å²) in [6.07, 6.45) is 13.0. The molecule has 4 N–H and O–H groups in total. The smallest absolute Gasteiger partial charge is 0.0463 e. The molecular formula is C16H17N3. The van der Waals surface area contributed by atoms with Gasteiger partial charge < -0.3 is 16.0 Å². The first-order chi connectivity index (χ1) is 9.40. The number of fused-ring (bicyclic) bond motifs is 1. The Bertz CT molecular complexity index is 674. The highest BCUT2D eigenvalue weighted by molar-refractivity contribution is 5.95. The summed E-state index contributed by atoms with van der Waals surface area (Å²) < 4.78 is 0. The number of nitrogens with two attached hydrogens (primary N) is 1. The summed E-state index contributed by atoms with van der Waals surface area (Å²) in [5, 5.41) is 4.58. The maximum atomic E-state index is 5.70. The second kappa shape index (κ2) is 5.16. The van der Waals surface area contributed by atoms with Crippen molar-refractivity contribution in [1.29, 1.82) is 0 Å². The Morgan fingerprint density at radius 1 is 1.11 bits per heavy atom. The Kier molecular flexibility index (Phi) is 3.21. The van der Waals surface area contributed by atoms with Crippen molar-refractivity contribution < 1.29 is 0 Å². The minimum absolute atomic E-state index is 0.660. The molecule has 19 heavy (non-hydrogen) atoms. The molecule has 96 valence electrons. The molecule has 0 radical (unpaired) electrons. The molecule has 0 saturated carbocycles. The lowest BCUT2D eigenvalue weighted by Crippen LogP contribution is -2.05. The van der Waals surface area contributed by atoms with Crippen LogP contribution in [-0.4, -0.2) is 11.5 Å². The molecule has 0 fully saturated rings. The molecule has 1 aromatic carbocycles. The normalized spacial score (nSPS) is 14.3. The summed E-state index contributed by atoms with van der Waals surface area (Å²) >= 11 is 0. The summed E-state index contributed by atoms with van der Waals surface area (Å²) in [6.45, 7) is 0.660. The maximum Gasteiger partial charge on any atom is 0.0463 e. The van der Waals surface area contributed by atoms with Crippen LogP contribution in [0.15, 0.2) is 54.9 Å². The number of benzene rings is 1. The summed E-state index contributed by atoms with van der Waals surface area (Å²) in [5.41, 5.74) is 10.4. The summed E-state index contributed by atoms with van der Waals surface area (Å²) in [5.74, 6) is 0. The molecule has 0 bridgehead atoms. The van der Waals surface area contributed by atoms with E-state index in [-0.39, 0.29) is 0 Å². The van der Waals surface area contributed by atoms with Gasteiger partial charge in [0.25, 0.3) is 0 Å². The van der Waals surface area contributed by atoms with Crippen LogP contribution in [0.25, 0.3) is 16.6 Å². The fourth-order valence-electron chi connectivity index (χ4n) is 2.46. The monoisotopic (exact) mass is 251 g/mol. The van der Waals surface area contributed by atoms with Gasteiger partial charge in [-0.25, -0.2) is 0 Å². The van der Waals surface area contributed by atoms with Gasteiger partial charge >= 0.3 is 0 Å². The molecular weight excluding hydrogens is 234 g/mol. The molecule has 0 saturated heterocycles. The van der Waals surface area contributed by atoms with Crippen molar-refractivity contribution in [2.24, 2.45) is 5.73 Å². The van der Waals surface area contributed by atoms with Crippen molar-refractivity contribution in [2.75, 3.05) is 6.54 Å². The number of H-pyrrole nitrogens is 1. The van der Waals surface area contributed by atoms with Crippen LogP contribution in [-0.2, 0) is 6.42 Å². The minimum atomic E-state index is 0.660. The van der Waals surface area contributed by atoms with Crippen molar-refractivity contribution in [2.45, 2.75) is 6.42 Å². The Hall–Kier alpha value is -2.26. The Morgan fingerprint density at radius 2 is 2.05 bits per heavy atom. The van der Waals surface area contributed by atoms with Gasteiger partial charge in [0.1, 0.15) is 0 Å². The van der Waals surface area contributed by atoms with Crippen molar-refractivity contribution in [3.8, 4) is 0 Å². The first kappa shape index (κ1) is 11.8. The highest BCUT2D eigenvalue weighted by atomic mass is 14.9. The van der Waals surface area contributed by atoms with Crippen LogP contribution >= 0.6 is 0 Å². The van der Waals surface area contributed by atoms with Gasteiger partial charge in [0.05, 0.1) is 0 Å². The van der Waals surface area contributed by atoms with Gasteiger partial charge in [-0.15, -0.1) is 0 Å². The van der Waals surface area contributed by atoms with Crippen LogP contribution in [0.5, 0.6) is 0 Å². The molecule has 0 unspecified atom stereocenters. The Balaban J connectivity index is 2.17. The van der Waals surface area contributed by atoms with E-state index in [0.717, 1.165) is 17.6 Å². The van der Waals surface area contributed by atoms with E-state index in [1.54, 1.807) is 0 Å². The Morgan fingerprint density at radius 3 is 2.95 bits per heavy atom. The molecule has 0 spiro atoms. The lowest BCUT2D eigenvalue weighted by atomic mass is 10.0. The third kappa shape index (κ3) is 2.20. The van der Waals surface area contributed by atoms with Gasteiger partial charge in [0.2, 0.25) is 0 Å². The molecule has 1 aromatic heterocycles. The molecule has 0 amide bonds. The predicted molar refractivity (Wildman–Crippen MR) is 80.4 cm³/mol.